The lowest BCUT2D eigenvalue weighted by Gasteiger charge is -2.27. The van der Waals surface area contributed by atoms with Crippen LogP contribution in [0.25, 0.3) is 66.3 Å². The third-order valence-corrected chi connectivity index (χ3v) is 11.6. The van der Waals surface area contributed by atoms with E-state index in [4.69, 9.17) is 15.0 Å². The number of pyridine rings is 1. The molecule has 0 saturated heterocycles. The summed E-state index contributed by atoms with van der Waals surface area (Å²) in [5.74, 6) is 1.52. The Morgan fingerprint density at radius 1 is 0.448 bits per heavy atom. The summed E-state index contributed by atoms with van der Waals surface area (Å²) < 4.78 is 0. The van der Waals surface area contributed by atoms with Crippen LogP contribution in [0.2, 0.25) is 0 Å². The van der Waals surface area contributed by atoms with Crippen molar-refractivity contribution < 1.29 is 0 Å². The van der Waals surface area contributed by atoms with Crippen molar-refractivity contribution in [1.29, 1.82) is 0 Å². The maximum absolute atomic E-state index is 5.32. The molecule has 9 aromatic rings. The SMILES string of the molecule is c1ccc(C2=NC(c3cc(-c4ccc5ccccc5c4)cc(-c4cccc5c4CCc4c(-c6ccccc6)nc6ccccc6c4-5)c3)NC(c3ccccc3)=N2)cc1. The Morgan fingerprint density at radius 3 is 1.91 bits per heavy atom. The highest BCUT2D eigenvalue weighted by molar-refractivity contribution is 6.13. The fourth-order valence-corrected chi connectivity index (χ4v) is 8.83. The first kappa shape index (κ1) is 33.9. The van der Waals surface area contributed by atoms with Crippen molar-refractivity contribution in [1.82, 2.24) is 10.3 Å². The lowest BCUT2D eigenvalue weighted by atomic mass is 9.78. The molecule has 4 nitrogen and oxygen atoms in total. The minimum Gasteiger partial charge on any atom is -0.344 e. The summed E-state index contributed by atoms with van der Waals surface area (Å²) in [5.41, 5.74) is 16.3. The average Bonchev–Trinajstić information content (AvgIpc) is 3.31. The minimum absolute atomic E-state index is 0.370. The largest absolute Gasteiger partial charge is 0.344 e. The van der Waals surface area contributed by atoms with Gasteiger partial charge in [0.15, 0.2) is 5.84 Å². The van der Waals surface area contributed by atoms with E-state index in [0.717, 1.165) is 57.7 Å². The smallest absolute Gasteiger partial charge is 0.159 e. The lowest BCUT2D eigenvalue weighted by Crippen LogP contribution is -2.33. The number of benzene rings is 8. The second kappa shape index (κ2) is 14.3. The maximum Gasteiger partial charge on any atom is 0.159 e. The molecular weight excluding hydrogens is 705 g/mol. The zero-order valence-corrected chi connectivity index (χ0v) is 31.8. The van der Waals surface area contributed by atoms with Crippen LogP contribution in [0.1, 0.15) is 34.0 Å². The number of amidine groups is 2. The molecule has 1 aliphatic carbocycles. The van der Waals surface area contributed by atoms with Gasteiger partial charge in [-0.1, -0.05) is 164 Å². The lowest BCUT2D eigenvalue weighted by molar-refractivity contribution is 0.674. The van der Waals surface area contributed by atoms with Crippen LogP contribution < -0.4 is 5.32 Å². The first-order chi connectivity index (χ1) is 28.7. The highest BCUT2D eigenvalue weighted by Crippen LogP contribution is 2.46. The molecule has 0 spiro atoms. The molecule has 0 fully saturated rings. The van der Waals surface area contributed by atoms with Crippen molar-refractivity contribution in [3.8, 4) is 44.6 Å². The number of para-hydroxylation sites is 1. The Morgan fingerprint density at radius 2 is 1.10 bits per heavy atom. The van der Waals surface area contributed by atoms with E-state index in [-0.39, 0.29) is 6.17 Å². The van der Waals surface area contributed by atoms with Crippen LogP contribution in [0.3, 0.4) is 0 Å². The molecule has 11 rings (SSSR count). The number of aromatic nitrogens is 1. The second-order valence-electron chi connectivity index (χ2n) is 15.1. The third-order valence-electron chi connectivity index (χ3n) is 11.6. The molecule has 1 aromatic heterocycles. The summed E-state index contributed by atoms with van der Waals surface area (Å²) >= 11 is 0. The normalized spacial score (nSPS) is 14.6. The zero-order chi connectivity index (χ0) is 38.4. The molecule has 1 atom stereocenters. The molecule has 0 radical (unpaired) electrons. The van der Waals surface area contributed by atoms with Crippen molar-refractivity contribution in [2.45, 2.75) is 19.0 Å². The summed E-state index contributed by atoms with van der Waals surface area (Å²) in [7, 11) is 0. The number of nitrogens with zero attached hydrogens (tertiary/aromatic N) is 3. The van der Waals surface area contributed by atoms with Crippen LogP contribution in [0.5, 0.6) is 0 Å². The maximum atomic E-state index is 5.32. The van der Waals surface area contributed by atoms with Crippen molar-refractivity contribution in [3.05, 3.63) is 222 Å². The van der Waals surface area contributed by atoms with Crippen LogP contribution in [-0.2, 0) is 12.8 Å². The van der Waals surface area contributed by atoms with Gasteiger partial charge in [-0.25, -0.2) is 15.0 Å². The Labute approximate surface area is 338 Å². The second-order valence-corrected chi connectivity index (χ2v) is 15.1. The highest BCUT2D eigenvalue weighted by Gasteiger charge is 2.27. The van der Waals surface area contributed by atoms with E-state index in [0.29, 0.717) is 5.84 Å². The van der Waals surface area contributed by atoms with Gasteiger partial charge in [-0.3, -0.25) is 0 Å². The Bertz CT molecular complexity index is 3080. The molecule has 2 heterocycles. The summed E-state index contributed by atoms with van der Waals surface area (Å²) in [6.07, 6.45) is 1.45. The van der Waals surface area contributed by atoms with E-state index in [1.54, 1.807) is 0 Å². The Kier molecular flexibility index (Phi) is 8.32. The monoisotopic (exact) mass is 742 g/mol. The van der Waals surface area contributed by atoms with Gasteiger partial charge >= 0.3 is 0 Å². The molecule has 1 unspecified atom stereocenters. The van der Waals surface area contributed by atoms with Gasteiger partial charge in [0.2, 0.25) is 0 Å². The molecule has 274 valence electrons. The minimum atomic E-state index is -0.370. The van der Waals surface area contributed by atoms with Gasteiger partial charge in [0.05, 0.1) is 11.2 Å². The first-order valence-corrected chi connectivity index (χ1v) is 20.0. The van der Waals surface area contributed by atoms with Crippen molar-refractivity contribution in [3.63, 3.8) is 0 Å². The third kappa shape index (κ3) is 6.07. The predicted molar refractivity (Wildman–Crippen MR) is 240 cm³/mol. The summed E-state index contributed by atoms with van der Waals surface area (Å²) in [4.78, 5) is 15.7. The van der Waals surface area contributed by atoms with Gasteiger partial charge < -0.3 is 5.32 Å². The Hall–Kier alpha value is -7.43. The number of hydrogen-bond acceptors (Lipinski definition) is 4. The van der Waals surface area contributed by atoms with Crippen molar-refractivity contribution in [2.24, 2.45) is 9.98 Å². The standard InChI is InChI=1S/C54H38N4/c1-4-16-36(17-5-1)51-48-30-29-45-44(24-14-25-46(45)50(48)47-23-12-13-26-49(47)55-51)42-32-41(40-28-27-35-15-10-11-22-39(35)31-40)33-43(34-42)54-57-52(37-18-6-2-7-19-37)56-53(58-54)38-20-8-3-9-21-38/h1-28,31-34,54H,29-30H2,(H,56,57,58). The topological polar surface area (TPSA) is 49.6 Å². The molecule has 4 heteroatoms. The van der Waals surface area contributed by atoms with Gasteiger partial charge in [0.25, 0.3) is 0 Å². The number of nitrogens with one attached hydrogen (secondary N) is 1. The van der Waals surface area contributed by atoms with E-state index in [2.05, 4.69) is 175 Å². The summed E-state index contributed by atoms with van der Waals surface area (Å²) in [6, 6.07) is 69.1. The van der Waals surface area contributed by atoms with E-state index in [1.165, 1.54) is 55.1 Å². The molecule has 1 aliphatic heterocycles. The van der Waals surface area contributed by atoms with E-state index in [1.807, 2.05) is 24.3 Å². The van der Waals surface area contributed by atoms with Crippen molar-refractivity contribution in [2.75, 3.05) is 0 Å². The Balaban J connectivity index is 1.11. The molecule has 0 amide bonds. The van der Waals surface area contributed by atoms with Gasteiger partial charge in [-0.2, -0.15) is 0 Å². The molecule has 8 aromatic carbocycles. The molecule has 0 saturated carbocycles. The van der Waals surface area contributed by atoms with Gasteiger partial charge in [-0.05, 0) is 104 Å². The zero-order valence-electron chi connectivity index (χ0n) is 31.8. The molecule has 2 aliphatic rings. The van der Waals surface area contributed by atoms with E-state index in [9.17, 15) is 0 Å². The number of aliphatic imine (C=N–C) groups is 2. The van der Waals surface area contributed by atoms with Gasteiger partial charge in [0.1, 0.15) is 12.0 Å². The van der Waals surface area contributed by atoms with Crippen LogP contribution in [0.15, 0.2) is 204 Å². The van der Waals surface area contributed by atoms with E-state index < -0.39 is 0 Å². The highest BCUT2D eigenvalue weighted by atomic mass is 15.2. The van der Waals surface area contributed by atoms with Gasteiger partial charge in [0, 0.05) is 22.1 Å². The fourth-order valence-electron chi connectivity index (χ4n) is 8.83. The van der Waals surface area contributed by atoms with Crippen LogP contribution in [0.4, 0.5) is 0 Å². The summed E-state index contributed by atoms with van der Waals surface area (Å²) in [5, 5.41) is 7.39. The summed E-state index contributed by atoms with van der Waals surface area (Å²) in [6.45, 7) is 0. The number of fused-ring (bicyclic) bond motifs is 6. The molecular formula is C54H38N4. The van der Waals surface area contributed by atoms with Crippen LogP contribution >= 0.6 is 0 Å². The van der Waals surface area contributed by atoms with Crippen LogP contribution in [-0.4, -0.2) is 16.7 Å². The molecule has 58 heavy (non-hydrogen) atoms. The van der Waals surface area contributed by atoms with E-state index >= 15 is 0 Å². The predicted octanol–water partition coefficient (Wildman–Crippen LogP) is 12.6. The average molecular weight is 743 g/mol. The number of rotatable bonds is 6. The first-order valence-electron chi connectivity index (χ1n) is 20.0. The van der Waals surface area contributed by atoms with Gasteiger partial charge in [-0.15, -0.1) is 0 Å². The number of hydrogen-bond donors (Lipinski definition) is 1. The fraction of sp³-hybridized carbons (Fsp3) is 0.0556. The molecule has 0 bridgehead atoms. The molecule has 1 N–H and O–H groups in total. The van der Waals surface area contributed by atoms with Crippen molar-refractivity contribution >= 4 is 33.3 Å². The van der Waals surface area contributed by atoms with Crippen LogP contribution in [0, 0.1) is 0 Å². The quantitative estimate of drug-likeness (QED) is 0.184.